The highest BCUT2D eigenvalue weighted by atomic mass is 35.5. The molecule has 1 aromatic carbocycles. The Labute approximate surface area is 127 Å². The summed E-state index contributed by atoms with van der Waals surface area (Å²) in [5.41, 5.74) is 2.75. The zero-order valence-electron chi connectivity index (χ0n) is 10.6. The van der Waals surface area contributed by atoms with Gasteiger partial charge in [0.1, 0.15) is 10.9 Å². The Morgan fingerprint density at radius 2 is 2.15 bits per heavy atom. The van der Waals surface area contributed by atoms with Gasteiger partial charge in [-0.05, 0) is 34.9 Å². The Morgan fingerprint density at radius 1 is 1.30 bits per heavy atom. The Balaban J connectivity index is 1.86. The highest BCUT2D eigenvalue weighted by Gasteiger charge is 2.20. The number of halogens is 2. The van der Waals surface area contributed by atoms with Gasteiger partial charge in [0.05, 0.1) is 12.7 Å². The normalized spacial score (nSPS) is 14.8. The van der Waals surface area contributed by atoms with E-state index < -0.39 is 6.10 Å². The molecular formula is C15H13Cl2NO2. The Morgan fingerprint density at radius 3 is 2.90 bits per heavy atom. The minimum absolute atomic E-state index is 0.410. The van der Waals surface area contributed by atoms with E-state index in [2.05, 4.69) is 4.98 Å². The van der Waals surface area contributed by atoms with Crippen LogP contribution in [0.25, 0.3) is 0 Å². The molecule has 1 aliphatic heterocycles. The largest absolute Gasteiger partial charge is 0.493 e. The molecule has 2 heterocycles. The SMILES string of the molecule is OC(Cc1cc(Cl)cc2c1OCC2)c1ccc(Cl)nc1. The van der Waals surface area contributed by atoms with E-state index in [1.165, 1.54) is 0 Å². The lowest BCUT2D eigenvalue weighted by atomic mass is 9.99. The van der Waals surface area contributed by atoms with Crippen LogP contribution in [0.15, 0.2) is 30.5 Å². The van der Waals surface area contributed by atoms with E-state index in [1.54, 1.807) is 18.3 Å². The minimum Gasteiger partial charge on any atom is -0.493 e. The molecule has 2 aromatic rings. The maximum atomic E-state index is 10.3. The van der Waals surface area contributed by atoms with Crippen LogP contribution in [0.3, 0.4) is 0 Å². The molecule has 0 saturated heterocycles. The number of fused-ring (bicyclic) bond motifs is 1. The predicted molar refractivity (Wildman–Crippen MR) is 78.6 cm³/mol. The number of benzene rings is 1. The fourth-order valence-electron chi connectivity index (χ4n) is 2.41. The van der Waals surface area contributed by atoms with Crippen LogP contribution in [0, 0.1) is 0 Å². The lowest BCUT2D eigenvalue weighted by Crippen LogP contribution is -2.04. The third-order valence-corrected chi connectivity index (χ3v) is 3.82. The van der Waals surface area contributed by atoms with Crippen molar-refractivity contribution in [1.29, 1.82) is 0 Å². The molecule has 0 saturated carbocycles. The monoisotopic (exact) mass is 309 g/mol. The molecule has 3 rings (SSSR count). The van der Waals surface area contributed by atoms with Gasteiger partial charge in [0.15, 0.2) is 0 Å². The molecule has 1 atom stereocenters. The van der Waals surface area contributed by atoms with Gasteiger partial charge >= 0.3 is 0 Å². The highest BCUT2D eigenvalue weighted by Crippen LogP contribution is 2.35. The molecule has 104 valence electrons. The quantitative estimate of drug-likeness (QED) is 0.881. The van der Waals surface area contributed by atoms with Crippen LogP contribution < -0.4 is 4.74 Å². The molecule has 20 heavy (non-hydrogen) atoms. The molecule has 0 aliphatic carbocycles. The van der Waals surface area contributed by atoms with Crippen molar-refractivity contribution in [2.75, 3.05) is 6.61 Å². The summed E-state index contributed by atoms with van der Waals surface area (Å²) < 4.78 is 5.63. The van der Waals surface area contributed by atoms with Gasteiger partial charge in [0, 0.05) is 24.1 Å². The summed E-state index contributed by atoms with van der Waals surface area (Å²) in [6.45, 7) is 0.668. The van der Waals surface area contributed by atoms with E-state index >= 15 is 0 Å². The smallest absolute Gasteiger partial charge is 0.129 e. The lowest BCUT2D eigenvalue weighted by molar-refractivity contribution is 0.176. The number of rotatable bonds is 3. The zero-order chi connectivity index (χ0) is 14.1. The average Bonchev–Trinajstić information content (AvgIpc) is 2.87. The predicted octanol–water partition coefficient (Wildman–Crippen LogP) is 3.60. The fraction of sp³-hybridized carbons (Fsp3) is 0.267. The van der Waals surface area contributed by atoms with E-state index in [1.807, 2.05) is 12.1 Å². The second-order valence-corrected chi connectivity index (χ2v) is 5.61. The van der Waals surface area contributed by atoms with Gasteiger partial charge in [-0.25, -0.2) is 4.98 Å². The Hall–Kier alpha value is -1.29. The number of nitrogens with zero attached hydrogens (tertiary/aromatic N) is 1. The first-order valence-electron chi connectivity index (χ1n) is 6.37. The van der Waals surface area contributed by atoms with Crippen LogP contribution in [0.4, 0.5) is 0 Å². The molecule has 3 nitrogen and oxygen atoms in total. The van der Waals surface area contributed by atoms with Crippen LogP contribution in [0.5, 0.6) is 5.75 Å². The average molecular weight is 310 g/mol. The van der Waals surface area contributed by atoms with Crippen molar-refractivity contribution in [3.05, 3.63) is 57.3 Å². The number of hydrogen-bond donors (Lipinski definition) is 1. The van der Waals surface area contributed by atoms with Gasteiger partial charge in [0.2, 0.25) is 0 Å². The Bertz CT molecular complexity index is 629. The van der Waals surface area contributed by atoms with Crippen LogP contribution in [0.2, 0.25) is 10.2 Å². The van der Waals surface area contributed by atoms with Crippen molar-refractivity contribution < 1.29 is 9.84 Å². The van der Waals surface area contributed by atoms with E-state index in [4.69, 9.17) is 27.9 Å². The maximum Gasteiger partial charge on any atom is 0.129 e. The molecule has 0 spiro atoms. The van der Waals surface area contributed by atoms with Crippen LogP contribution in [-0.2, 0) is 12.8 Å². The zero-order valence-corrected chi connectivity index (χ0v) is 12.2. The van der Waals surface area contributed by atoms with Crippen LogP contribution >= 0.6 is 23.2 Å². The van der Waals surface area contributed by atoms with Crippen molar-refractivity contribution in [2.24, 2.45) is 0 Å². The summed E-state index contributed by atoms with van der Waals surface area (Å²) >= 11 is 11.9. The van der Waals surface area contributed by atoms with Gasteiger partial charge in [-0.1, -0.05) is 29.3 Å². The van der Waals surface area contributed by atoms with Crippen molar-refractivity contribution in [3.63, 3.8) is 0 Å². The number of ether oxygens (including phenoxy) is 1. The molecule has 0 fully saturated rings. The molecular weight excluding hydrogens is 297 g/mol. The van der Waals surface area contributed by atoms with Crippen molar-refractivity contribution >= 4 is 23.2 Å². The summed E-state index contributed by atoms with van der Waals surface area (Å²) in [5, 5.41) is 11.4. The first-order valence-corrected chi connectivity index (χ1v) is 7.12. The summed E-state index contributed by atoms with van der Waals surface area (Å²) in [7, 11) is 0. The molecule has 0 radical (unpaired) electrons. The van der Waals surface area contributed by atoms with E-state index in [9.17, 15) is 5.11 Å². The molecule has 0 bridgehead atoms. The second kappa shape index (κ2) is 5.60. The number of hydrogen-bond acceptors (Lipinski definition) is 3. The number of aliphatic hydroxyl groups is 1. The van der Waals surface area contributed by atoms with Crippen LogP contribution in [0.1, 0.15) is 22.8 Å². The summed E-state index contributed by atoms with van der Waals surface area (Å²) in [4.78, 5) is 3.98. The summed E-state index contributed by atoms with van der Waals surface area (Å²) in [6.07, 6.45) is 2.22. The fourth-order valence-corrected chi connectivity index (χ4v) is 2.78. The first-order chi connectivity index (χ1) is 9.63. The van der Waals surface area contributed by atoms with E-state index in [-0.39, 0.29) is 0 Å². The topological polar surface area (TPSA) is 42.4 Å². The molecule has 1 aliphatic rings. The maximum absolute atomic E-state index is 10.3. The number of pyridine rings is 1. The first kappa shape index (κ1) is 13.7. The molecule has 1 unspecified atom stereocenters. The number of aliphatic hydroxyl groups excluding tert-OH is 1. The van der Waals surface area contributed by atoms with Crippen molar-refractivity contribution in [2.45, 2.75) is 18.9 Å². The standard InChI is InChI=1S/C15H13Cl2NO2/c16-12-5-9-3-4-20-15(9)11(6-12)7-13(19)10-1-2-14(17)18-8-10/h1-2,5-6,8,13,19H,3-4,7H2. The van der Waals surface area contributed by atoms with E-state index in [0.29, 0.717) is 23.2 Å². The Kier molecular flexibility index (Phi) is 3.83. The van der Waals surface area contributed by atoms with Crippen molar-refractivity contribution in [3.8, 4) is 5.75 Å². The lowest BCUT2D eigenvalue weighted by Gasteiger charge is -2.14. The molecule has 0 amide bonds. The van der Waals surface area contributed by atoms with Gasteiger partial charge in [-0.15, -0.1) is 0 Å². The summed E-state index contributed by atoms with van der Waals surface area (Å²) in [6, 6.07) is 7.20. The van der Waals surface area contributed by atoms with Crippen LogP contribution in [-0.4, -0.2) is 16.7 Å². The molecule has 1 N–H and O–H groups in total. The second-order valence-electron chi connectivity index (χ2n) is 4.79. The van der Waals surface area contributed by atoms with E-state index in [0.717, 1.165) is 28.9 Å². The van der Waals surface area contributed by atoms with Gasteiger partial charge < -0.3 is 9.84 Å². The molecule has 5 heteroatoms. The summed E-state index contributed by atoms with van der Waals surface area (Å²) in [5.74, 6) is 0.857. The third-order valence-electron chi connectivity index (χ3n) is 3.37. The van der Waals surface area contributed by atoms with Crippen molar-refractivity contribution in [1.82, 2.24) is 4.98 Å². The third kappa shape index (κ3) is 2.75. The van der Waals surface area contributed by atoms with Gasteiger partial charge in [-0.2, -0.15) is 0 Å². The van der Waals surface area contributed by atoms with Gasteiger partial charge in [0.25, 0.3) is 0 Å². The molecule has 1 aromatic heterocycles. The highest BCUT2D eigenvalue weighted by molar-refractivity contribution is 6.30. The number of aromatic nitrogens is 1. The minimum atomic E-state index is -0.661. The van der Waals surface area contributed by atoms with Gasteiger partial charge in [-0.3, -0.25) is 0 Å².